The van der Waals surface area contributed by atoms with Crippen molar-refractivity contribution < 1.29 is 9.32 Å². The first kappa shape index (κ1) is 15.5. The Kier molecular flexibility index (Phi) is 4.01. The molecule has 126 valence electrons. The third-order valence-corrected chi connectivity index (χ3v) is 4.44. The lowest BCUT2D eigenvalue weighted by molar-refractivity contribution is -0.128. The third kappa shape index (κ3) is 3.28. The average Bonchev–Trinajstić information content (AvgIpc) is 3.25. The van der Waals surface area contributed by atoms with E-state index in [1.165, 1.54) is 5.56 Å². The Morgan fingerprint density at radius 3 is 2.68 bits per heavy atom. The van der Waals surface area contributed by atoms with E-state index >= 15 is 0 Å². The normalized spacial score (nSPS) is 17.2. The molecular formula is C19H18N4O2. The van der Waals surface area contributed by atoms with Gasteiger partial charge in [0.25, 0.3) is 0 Å². The van der Waals surface area contributed by atoms with Crippen molar-refractivity contribution in [2.75, 3.05) is 6.54 Å². The van der Waals surface area contributed by atoms with Gasteiger partial charge in [0.2, 0.25) is 17.6 Å². The van der Waals surface area contributed by atoms with Crippen molar-refractivity contribution in [1.29, 1.82) is 0 Å². The van der Waals surface area contributed by atoms with Crippen molar-refractivity contribution in [3.63, 3.8) is 0 Å². The van der Waals surface area contributed by atoms with Crippen LogP contribution in [0.1, 0.15) is 29.4 Å². The number of pyridine rings is 1. The van der Waals surface area contributed by atoms with Crippen LogP contribution in [0.3, 0.4) is 0 Å². The van der Waals surface area contributed by atoms with Gasteiger partial charge in [0.15, 0.2) is 0 Å². The van der Waals surface area contributed by atoms with Gasteiger partial charge in [-0.2, -0.15) is 4.98 Å². The van der Waals surface area contributed by atoms with Gasteiger partial charge >= 0.3 is 0 Å². The van der Waals surface area contributed by atoms with E-state index in [1.54, 1.807) is 12.4 Å². The number of amides is 1. The van der Waals surface area contributed by atoms with Gasteiger partial charge in [0.05, 0.1) is 5.92 Å². The van der Waals surface area contributed by atoms with Crippen LogP contribution in [0.25, 0.3) is 11.4 Å². The van der Waals surface area contributed by atoms with Gasteiger partial charge in [-0.25, -0.2) is 0 Å². The highest BCUT2D eigenvalue weighted by atomic mass is 16.5. The zero-order valence-electron chi connectivity index (χ0n) is 13.9. The van der Waals surface area contributed by atoms with Crippen LogP contribution in [0.4, 0.5) is 0 Å². The number of nitrogens with zero attached hydrogens (tertiary/aromatic N) is 4. The van der Waals surface area contributed by atoms with Gasteiger partial charge < -0.3 is 9.42 Å². The zero-order chi connectivity index (χ0) is 17.2. The largest absolute Gasteiger partial charge is 0.339 e. The minimum absolute atomic E-state index is 0.0546. The van der Waals surface area contributed by atoms with Gasteiger partial charge in [0.1, 0.15) is 0 Å². The molecule has 0 N–H and O–H groups in total. The second kappa shape index (κ2) is 6.47. The molecule has 3 heterocycles. The number of hydrogen-bond donors (Lipinski definition) is 0. The molecule has 0 unspecified atom stereocenters. The Balaban J connectivity index is 1.47. The minimum atomic E-state index is -0.0546. The second-order valence-electron chi connectivity index (χ2n) is 6.35. The summed E-state index contributed by atoms with van der Waals surface area (Å²) < 4.78 is 5.41. The van der Waals surface area contributed by atoms with E-state index in [-0.39, 0.29) is 11.8 Å². The highest BCUT2D eigenvalue weighted by Gasteiger charge is 2.34. The van der Waals surface area contributed by atoms with Gasteiger partial charge in [-0.3, -0.25) is 9.78 Å². The maximum atomic E-state index is 12.3. The number of likely N-dealkylation sites (tertiary alicyclic amines) is 1. The number of carbonyl (C=O) groups is 1. The number of carbonyl (C=O) groups excluding carboxylic acids is 1. The molecule has 4 rings (SSSR count). The molecule has 3 aromatic rings. The molecule has 25 heavy (non-hydrogen) atoms. The van der Waals surface area contributed by atoms with Crippen LogP contribution < -0.4 is 0 Å². The molecule has 2 aromatic heterocycles. The number of benzene rings is 1. The van der Waals surface area contributed by atoms with E-state index in [4.69, 9.17) is 4.52 Å². The monoisotopic (exact) mass is 334 g/mol. The Labute approximate surface area is 145 Å². The molecule has 1 aliphatic rings. The van der Waals surface area contributed by atoms with Crippen LogP contribution >= 0.6 is 0 Å². The van der Waals surface area contributed by atoms with Crippen molar-refractivity contribution in [3.05, 3.63) is 65.8 Å². The SMILES string of the molecule is Cc1ccc(CN2C[C@@H](c3nc(-c4ccncc4)no3)CC2=O)cc1. The quantitative estimate of drug-likeness (QED) is 0.733. The van der Waals surface area contributed by atoms with Crippen molar-refractivity contribution in [3.8, 4) is 11.4 Å². The van der Waals surface area contributed by atoms with E-state index in [1.807, 2.05) is 17.0 Å². The molecule has 0 saturated carbocycles. The molecule has 1 fully saturated rings. The number of hydrogen-bond acceptors (Lipinski definition) is 5. The lowest BCUT2D eigenvalue weighted by Crippen LogP contribution is -2.24. The molecule has 0 spiro atoms. The highest BCUT2D eigenvalue weighted by molar-refractivity contribution is 5.79. The first-order valence-electron chi connectivity index (χ1n) is 8.26. The molecule has 1 aromatic carbocycles. The Hall–Kier alpha value is -3.02. The molecule has 6 heteroatoms. The summed E-state index contributed by atoms with van der Waals surface area (Å²) in [6, 6.07) is 11.9. The third-order valence-electron chi connectivity index (χ3n) is 4.44. The summed E-state index contributed by atoms with van der Waals surface area (Å²) >= 11 is 0. The maximum absolute atomic E-state index is 12.3. The molecule has 1 amide bonds. The lowest BCUT2D eigenvalue weighted by Gasteiger charge is -2.16. The van der Waals surface area contributed by atoms with Gasteiger partial charge in [-0.1, -0.05) is 35.0 Å². The van der Waals surface area contributed by atoms with Crippen molar-refractivity contribution >= 4 is 5.91 Å². The standard InChI is InChI=1S/C19H18N4O2/c1-13-2-4-14(5-3-13)11-23-12-16(10-17(23)24)19-21-18(22-25-19)15-6-8-20-9-7-15/h2-9,16H,10-12H2,1H3/t16-/m0/s1. The van der Waals surface area contributed by atoms with E-state index in [2.05, 4.69) is 46.3 Å². The summed E-state index contributed by atoms with van der Waals surface area (Å²) in [5, 5.41) is 4.03. The molecule has 0 bridgehead atoms. The van der Waals surface area contributed by atoms with Gasteiger partial charge in [-0.15, -0.1) is 0 Å². The summed E-state index contributed by atoms with van der Waals surface area (Å²) in [7, 11) is 0. The van der Waals surface area contributed by atoms with Crippen LogP contribution in [0.5, 0.6) is 0 Å². The van der Waals surface area contributed by atoms with Crippen LogP contribution in [0.2, 0.25) is 0 Å². The Morgan fingerprint density at radius 2 is 1.92 bits per heavy atom. The van der Waals surface area contributed by atoms with Gasteiger partial charge in [-0.05, 0) is 24.6 Å². The van der Waals surface area contributed by atoms with Gasteiger partial charge in [0, 0.05) is 37.5 Å². The number of rotatable bonds is 4. The summed E-state index contributed by atoms with van der Waals surface area (Å²) in [4.78, 5) is 22.6. The van der Waals surface area contributed by atoms with E-state index in [9.17, 15) is 4.79 Å². The molecule has 6 nitrogen and oxygen atoms in total. The fraction of sp³-hybridized carbons (Fsp3) is 0.263. The summed E-state index contributed by atoms with van der Waals surface area (Å²) in [6.45, 7) is 3.27. The maximum Gasteiger partial charge on any atom is 0.232 e. The molecule has 1 atom stereocenters. The minimum Gasteiger partial charge on any atom is -0.339 e. The molecule has 0 aliphatic carbocycles. The predicted molar refractivity (Wildman–Crippen MR) is 91.5 cm³/mol. The van der Waals surface area contributed by atoms with Crippen molar-refractivity contribution in [1.82, 2.24) is 20.0 Å². The molecular weight excluding hydrogens is 316 g/mol. The number of aryl methyl sites for hydroxylation is 1. The van der Waals surface area contributed by atoms with Crippen LogP contribution in [-0.2, 0) is 11.3 Å². The van der Waals surface area contributed by atoms with E-state index in [0.29, 0.717) is 31.2 Å². The first-order valence-corrected chi connectivity index (χ1v) is 8.26. The topological polar surface area (TPSA) is 72.1 Å². The molecule has 1 aliphatic heterocycles. The average molecular weight is 334 g/mol. The molecule has 1 saturated heterocycles. The van der Waals surface area contributed by atoms with E-state index in [0.717, 1.165) is 11.1 Å². The Morgan fingerprint density at radius 1 is 1.16 bits per heavy atom. The van der Waals surface area contributed by atoms with E-state index < -0.39 is 0 Å². The fourth-order valence-corrected chi connectivity index (χ4v) is 3.02. The zero-order valence-corrected chi connectivity index (χ0v) is 13.9. The Bertz CT molecular complexity index is 874. The first-order chi connectivity index (χ1) is 12.2. The summed E-state index contributed by atoms with van der Waals surface area (Å²) in [5.41, 5.74) is 3.19. The summed E-state index contributed by atoms with van der Waals surface area (Å²) in [5.74, 6) is 1.11. The lowest BCUT2D eigenvalue weighted by atomic mass is 10.1. The smallest absolute Gasteiger partial charge is 0.232 e. The predicted octanol–water partition coefficient (Wildman–Crippen LogP) is 2.96. The molecule has 0 radical (unpaired) electrons. The highest BCUT2D eigenvalue weighted by Crippen LogP contribution is 2.29. The number of aromatic nitrogens is 3. The van der Waals surface area contributed by atoms with Crippen LogP contribution in [0, 0.1) is 6.92 Å². The van der Waals surface area contributed by atoms with Crippen molar-refractivity contribution in [2.24, 2.45) is 0 Å². The fourth-order valence-electron chi connectivity index (χ4n) is 3.02. The second-order valence-corrected chi connectivity index (χ2v) is 6.35. The van der Waals surface area contributed by atoms with Crippen LogP contribution in [0.15, 0.2) is 53.3 Å². The summed E-state index contributed by atoms with van der Waals surface area (Å²) in [6.07, 6.45) is 3.78. The van der Waals surface area contributed by atoms with Crippen molar-refractivity contribution in [2.45, 2.75) is 25.8 Å². The van der Waals surface area contributed by atoms with Crippen LogP contribution in [-0.4, -0.2) is 32.5 Å².